The van der Waals surface area contributed by atoms with Gasteiger partial charge in [0.25, 0.3) is 5.69 Å². The Bertz CT molecular complexity index is 1430. The van der Waals surface area contributed by atoms with Gasteiger partial charge in [0.1, 0.15) is 16.9 Å². The average molecular weight is 597 g/mol. The zero-order valence-electron chi connectivity index (χ0n) is 22.4. The van der Waals surface area contributed by atoms with E-state index in [1.165, 1.54) is 18.2 Å². The third kappa shape index (κ3) is 6.71. The van der Waals surface area contributed by atoms with Crippen LogP contribution in [-0.2, 0) is 22.3 Å². The maximum atomic E-state index is 14.0. The highest BCUT2D eigenvalue weighted by Crippen LogP contribution is 2.38. The van der Waals surface area contributed by atoms with Crippen molar-refractivity contribution in [2.75, 3.05) is 31.5 Å². The van der Waals surface area contributed by atoms with Gasteiger partial charge in [0.15, 0.2) is 24.1 Å². The molecule has 2 aromatic carbocycles. The lowest BCUT2D eigenvalue weighted by atomic mass is 9.92. The number of piperazine rings is 1. The summed E-state index contributed by atoms with van der Waals surface area (Å²) in [6, 6.07) is 6.65. The van der Waals surface area contributed by atoms with E-state index in [1.54, 1.807) is 0 Å². The maximum Gasteiger partial charge on any atom is 0.423 e. The second-order valence-corrected chi connectivity index (χ2v) is 10.6. The minimum absolute atomic E-state index is 0.0989. The second-order valence-electron chi connectivity index (χ2n) is 10.6. The summed E-state index contributed by atoms with van der Waals surface area (Å²) in [6.45, 7) is 2.71. The first-order valence-electron chi connectivity index (χ1n) is 13.6. The molecule has 1 atom stereocenters. The molecule has 0 bridgehead atoms. The molecule has 226 valence electrons. The monoisotopic (exact) mass is 596 g/mol. The molecule has 1 aromatic heterocycles. The molecule has 1 N–H and O–H groups in total. The van der Waals surface area contributed by atoms with Crippen LogP contribution in [0.15, 0.2) is 40.8 Å². The number of carbonyl (C=O) groups is 1. The molecular formula is C28H29F5N4O5. The minimum atomic E-state index is -4.85. The number of fused-ring (bicyclic) bond motifs is 1. The zero-order valence-corrected chi connectivity index (χ0v) is 22.4. The molecule has 42 heavy (non-hydrogen) atoms. The standard InChI is InChI=1S/C28H29F5N4O5/c29-23-6-8-25-21(27(23)30)14-20(41-25)15-35-9-11-36(12-10-35)26(16-38)42-19-4-1-17(2-5-19)34-18-3-7-24(37(39)40)22(13-18)28(31,32)33/h3,6-8,13-14,16-17,19,26,34H,1-2,4-5,9-12,15H2. The van der Waals surface area contributed by atoms with Gasteiger partial charge in [0.2, 0.25) is 0 Å². The van der Waals surface area contributed by atoms with Gasteiger partial charge < -0.3 is 14.5 Å². The third-order valence-electron chi connectivity index (χ3n) is 7.78. The van der Waals surface area contributed by atoms with Gasteiger partial charge in [-0.1, -0.05) is 0 Å². The minimum Gasteiger partial charge on any atom is -0.460 e. The molecule has 0 spiro atoms. The number of alkyl halides is 3. The van der Waals surface area contributed by atoms with E-state index in [1.807, 2.05) is 4.90 Å². The molecular weight excluding hydrogens is 567 g/mol. The Hall–Kier alpha value is -3.62. The summed E-state index contributed by atoms with van der Waals surface area (Å²) in [5, 5.41) is 14.1. The van der Waals surface area contributed by atoms with Crippen LogP contribution in [-0.4, -0.2) is 65.6 Å². The molecule has 0 amide bonds. The van der Waals surface area contributed by atoms with Crippen LogP contribution in [0.1, 0.15) is 37.0 Å². The molecule has 1 saturated carbocycles. The van der Waals surface area contributed by atoms with Crippen LogP contribution in [0.4, 0.5) is 33.3 Å². The smallest absolute Gasteiger partial charge is 0.423 e. The average Bonchev–Trinajstić information content (AvgIpc) is 3.38. The largest absolute Gasteiger partial charge is 0.460 e. The number of nitro groups is 1. The number of nitro benzene ring substituents is 1. The first-order chi connectivity index (χ1) is 20.0. The molecule has 9 nitrogen and oxygen atoms in total. The van der Waals surface area contributed by atoms with Crippen LogP contribution in [0.2, 0.25) is 0 Å². The summed E-state index contributed by atoms with van der Waals surface area (Å²) >= 11 is 0. The second kappa shape index (κ2) is 12.3. The molecule has 1 saturated heterocycles. The van der Waals surface area contributed by atoms with Crippen molar-refractivity contribution in [3.05, 3.63) is 69.5 Å². The van der Waals surface area contributed by atoms with Crippen LogP contribution in [0.3, 0.4) is 0 Å². The predicted molar refractivity (Wildman–Crippen MR) is 142 cm³/mol. The summed E-state index contributed by atoms with van der Waals surface area (Å²) in [7, 11) is 0. The van der Waals surface area contributed by atoms with E-state index < -0.39 is 40.2 Å². The molecule has 5 rings (SSSR count). The lowest BCUT2D eigenvalue weighted by Gasteiger charge is -2.39. The first kappa shape index (κ1) is 29.9. The molecule has 1 aliphatic heterocycles. The van der Waals surface area contributed by atoms with E-state index in [0.29, 0.717) is 64.2 Å². The van der Waals surface area contributed by atoms with E-state index in [-0.39, 0.29) is 28.8 Å². The molecule has 1 unspecified atom stereocenters. The Balaban J connectivity index is 1.09. The normalized spacial score (nSPS) is 21.4. The Morgan fingerprint density at radius 2 is 1.79 bits per heavy atom. The van der Waals surface area contributed by atoms with Crippen molar-refractivity contribution in [3.8, 4) is 0 Å². The van der Waals surface area contributed by atoms with E-state index >= 15 is 0 Å². The number of hydrogen-bond donors (Lipinski definition) is 1. The van der Waals surface area contributed by atoms with Crippen molar-refractivity contribution in [1.29, 1.82) is 0 Å². The molecule has 2 fully saturated rings. The number of carbonyl (C=O) groups excluding carboxylic acids is 1. The van der Waals surface area contributed by atoms with Gasteiger partial charge in [0.05, 0.1) is 23.0 Å². The van der Waals surface area contributed by atoms with Gasteiger partial charge in [-0.25, -0.2) is 8.78 Å². The molecule has 2 heterocycles. The van der Waals surface area contributed by atoms with Gasteiger partial charge in [-0.3, -0.25) is 24.7 Å². The molecule has 3 aromatic rings. The number of nitrogens with one attached hydrogen (secondary N) is 1. The van der Waals surface area contributed by atoms with Gasteiger partial charge in [-0.05, 0) is 56.0 Å². The Morgan fingerprint density at radius 1 is 1.07 bits per heavy atom. The number of nitrogens with zero attached hydrogens (tertiary/aromatic N) is 3. The number of furan rings is 1. The first-order valence-corrected chi connectivity index (χ1v) is 13.6. The number of ether oxygens (including phenoxy) is 1. The van der Waals surface area contributed by atoms with Gasteiger partial charge in [-0.2, -0.15) is 13.2 Å². The SMILES string of the molecule is O=CC(OC1CCC(Nc2ccc([N+](=O)[O-])c(C(F)(F)F)c2)CC1)N1CCN(Cc2cc3c(F)c(F)ccc3o2)CC1. The van der Waals surface area contributed by atoms with Crippen LogP contribution in [0, 0.1) is 21.7 Å². The Morgan fingerprint density at radius 3 is 2.43 bits per heavy atom. The van der Waals surface area contributed by atoms with Crippen LogP contribution in [0.25, 0.3) is 11.0 Å². The molecule has 2 aliphatic rings. The topological polar surface area (TPSA) is 101 Å². The fourth-order valence-electron chi connectivity index (χ4n) is 5.57. The zero-order chi connectivity index (χ0) is 30.0. The van der Waals surface area contributed by atoms with Gasteiger partial charge in [-0.15, -0.1) is 0 Å². The van der Waals surface area contributed by atoms with Crippen LogP contribution < -0.4 is 5.32 Å². The highest BCUT2D eigenvalue weighted by molar-refractivity contribution is 5.78. The number of rotatable bonds is 9. The van der Waals surface area contributed by atoms with Crippen molar-refractivity contribution in [2.24, 2.45) is 0 Å². The number of anilines is 1. The van der Waals surface area contributed by atoms with Crippen molar-refractivity contribution in [2.45, 2.75) is 56.8 Å². The lowest BCUT2D eigenvalue weighted by Crippen LogP contribution is -2.52. The summed E-state index contributed by atoms with van der Waals surface area (Å²) in [6.07, 6.45) is -2.69. The van der Waals surface area contributed by atoms with Crippen LogP contribution in [0.5, 0.6) is 0 Å². The van der Waals surface area contributed by atoms with E-state index in [4.69, 9.17) is 9.15 Å². The summed E-state index contributed by atoms with van der Waals surface area (Å²) in [4.78, 5) is 25.8. The summed E-state index contributed by atoms with van der Waals surface area (Å²) in [5.74, 6) is -1.36. The number of hydrogen-bond acceptors (Lipinski definition) is 8. The fourth-order valence-corrected chi connectivity index (χ4v) is 5.57. The Labute approximate surface area is 237 Å². The number of benzene rings is 2. The Kier molecular flexibility index (Phi) is 8.76. The van der Waals surface area contributed by atoms with Crippen molar-refractivity contribution in [1.82, 2.24) is 9.80 Å². The quantitative estimate of drug-likeness (QED) is 0.145. The lowest BCUT2D eigenvalue weighted by molar-refractivity contribution is -0.388. The van der Waals surface area contributed by atoms with Crippen molar-refractivity contribution >= 4 is 28.6 Å². The number of halogens is 5. The van der Waals surface area contributed by atoms with Crippen LogP contribution >= 0.6 is 0 Å². The van der Waals surface area contributed by atoms with Gasteiger partial charge >= 0.3 is 6.18 Å². The van der Waals surface area contributed by atoms with Crippen molar-refractivity contribution < 1.29 is 40.8 Å². The maximum absolute atomic E-state index is 14.0. The van der Waals surface area contributed by atoms with Gasteiger partial charge in [0, 0.05) is 44.0 Å². The van der Waals surface area contributed by atoms with E-state index in [9.17, 15) is 36.9 Å². The molecule has 14 heteroatoms. The fraction of sp³-hybridized carbons (Fsp3) is 0.464. The summed E-state index contributed by atoms with van der Waals surface area (Å²) in [5.41, 5.74) is -1.86. The van der Waals surface area contributed by atoms with E-state index in [0.717, 1.165) is 24.5 Å². The predicted octanol–water partition coefficient (Wildman–Crippen LogP) is 5.72. The van der Waals surface area contributed by atoms with E-state index in [2.05, 4.69) is 10.2 Å². The summed E-state index contributed by atoms with van der Waals surface area (Å²) < 4.78 is 79.2. The number of aldehydes is 1. The highest BCUT2D eigenvalue weighted by atomic mass is 19.4. The van der Waals surface area contributed by atoms with Crippen molar-refractivity contribution in [3.63, 3.8) is 0 Å². The molecule has 0 radical (unpaired) electrons. The highest BCUT2D eigenvalue weighted by Gasteiger charge is 2.38. The molecule has 1 aliphatic carbocycles. The third-order valence-corrected chi connectivity index (χ3v) is 7.78.